The zero-order chi connectivity index (χ0) is 9.26. The molecule has 66 valence electrons. The predicted octanol–water partition coefficient (Wildman–Crippen LogP) is 1.94. The molecule has 13 heavy (non-hydrogen) atoms. The van der Waals surface area contributed by atoms with Crippen molar-refractivity contribution in [2.75, 3.05) is 0 Å². The largest absolute Gasteiger partial charge is 0.507 e. The zero-order valence-electron chi connectivity index (χ0n) is 6.53. The van der Waals surface area contributed by atoms with Gasteiger partial charge in [0.1, 0.15) is 12.1 Å². The van der Waals surface area contributed by atoms with E-state index in [0.717, 1.165) is 4.47 Å². The van der Waals surface area contributed by atoms with E-state index in [1.807, 2.05) is 0 Å². The second-order valence-electron chi connectivity index (χ2n) is 2.50. The molecule has 2 N–H and O–H groups in total. The van der Waals surface area contributed by atoms with Gasteiger partial charge in [-0.15, -0.1) is 0 Å². The van der Waals surface area contributed by atoms with Crippen molar-refractivity contribution in [2.24, 2.45) is 0 Å². The molecule has 0 aliphatic carbocycles. The van der Waals surface area contributed by atoms with Crippen LogP contribution in [-0.4, -0.2) is 20.3 Å². The summed E-state index contributed by atoms with van der Waals surface area (Å²) < 4.78 is 0.886. The van der Waals surface area contributed by atoms with Crippen molar-refractivity contribution in [1.29, 1.82) is 0 Å². The third-order valence-electron chi connectivity index (χ3n) is 1.63. The molecule has 0 atom stereocenters. The lowest BCUT2D eigenvalue weighted by molar-refractivity contribution is 0.477. The molecule has 0 fully saturated rings. The second-order valence-corrected chi connectivity index (χ2v) is 3.41. The fourth-order valence-corrected chi connectivity index (χ4v) is 1.39. The zero-order valence-corrected chi connectivity index (χ0v) is 8.12. The van der Waals surface area contributed by atoms with Crippen LogP contribution < -0.4 is 0 Å². The highest BCUT2D eigenvalue weighted by atomic mass is 79.9. The molecule has 0 saturated carbocycles. The highest BCUT2D eigenvalue weighted by Gasteiger charge is 2.06. The number of benzene rings is 1. The van der Waals surface area contributed by atoms with E-state index in [1.165, 1.54) is 6.33 Å². The maximum absolute atomic E-state index is 9.50. The van der Waals surface area contributed by atoms with Crippen LogP contribution in [0.1, 0.15) is 0 Å². The summed E-state index contributed by atoms with van der Waals surface area (Å²) in [6.07, 6.45) is 1.40. The van der Waals surface area contributed by atoms with Crippen molar-refractivity contribution in [3.05, 3.63) is 29.0 Å². The highest BCUT2D eigenvalue weighted by molar-refractivity contribution is 9.10. The van der Waals surface area contributed by atoms with Gasteiger partial charge in [0.05, 0.1) is 5.56 Å². The van der Waals surface area contributed by atoms with E-state index < -0.39 is 0 Å². The number of nitrogens with one attached hydrogen (secondary N) is 1. The molecule has 1 aromatic heterocycles. The quantitative estimate of drug-likeness (QED) is 0.800. The number of phenols is 1. The number of halogens is 1. The molecule has 0 bridgehead atoms. The number of phenolic OH excluding ortho intramolecular Hbond substituents is 1. The maximum Gasteiger partial charge on any atom is 0.159 e. The van der Waals surface area contributed by atoms with Crippen LogP contribution in [0.3, 0.4) is 0 Å². The Kier molecular flexibility index (Phi) is 2.02. The minimum atomic E-state index is 0.181. The summed E-state index contributed by atoms with van der Waals surface area (Å²) in [6, 6.07) is 5.13. The van der Waals surface area contributed by atoms with Gasteiger partial charge < -0.3 is 5.11 Å². The molecule has 0 spiro atoms. The number of aromatic hydroxyl groups is 1. The average molecular weight is 240 g/mol. The summed E-state index contributed by atoms with van der Waals surface area (Å²) in [5.41, 5.74) is 0.631. The Morgan fingerprint density at radius 1 is 1.38 bits per heavy atom. The van der Waals surface area contributed by atoms with Gasteiger partial charge in [0, 0.05) is 4.47 Å². The van der Waals surface area contributed by atoms with E-state index in [1.54, 1.807) is 18.2 Å². The van der Waals surface area contributed by atoms with Gasteiger partial charge in [0.2, 0.25) is 0 Å². The van der Waals surface area contributed by atoms with Gasteiger partial charge in [0.15, 0.2) is 5.82 Å². The third-order valence-corrected chi connectivity index (χ3v) is 2.12. The molecule has 4 nitrogen and oxygen atoms in total. The van der Waals surface area contributed by atoms with Gasteiger partial charge in [0.25, 0.3) is 0 Å². The molecular formula is C8H6BrN3O. The minimum Gasteiger partial charge on any atom is -0.507 e. The molecule has 0 aliphatic rings. The number of aromatic amines is 1. The van der Waals surface area contributed by atoms with Crippen molar-refractivity contribution in [3.8, 4) is 17.1 Å². The Labute approximate surface area is 82.8 Å². The Morgan fingerprint density at radius 3 is 2.92 bits per heavy atom. The summed E-state index contributed by atoms with van der Waals surface area (Å²) in [5.74, 6) is 0.735. The van der Waals surface area contributed by atoms with E-state index in [2.05, 4.69) is 31.1 Å². The van der Waals surface area contributed by atoms with Gasteiger partial charge >= 0.3 is 0 Å². The van der Waals surface area contributed by atoms with Crippen molar-refractivity contribution < 1.29 is 5.11 Å². The normalized spacial score (nSPS) is 10.2. The standard InChI is InChI=1S/C8H6BrN3O/c9-5-1-2-7(13)6(3-5)8-10-4-11-12-8/h1-4,13H,(H,10,11,12). The number of hydrogen-bond donors (Lipinski definition) is 2. The van der Waals surface area contributed by atoms with Gasteiger partial charge in [-0.05, 0) is 18.2 Å². The maximum atomic E-state index is 9.50. The Balaban J connectivity index is 2.57. The van der Waals surface area contributed by atoms with E-state index in [-0.39, 0.29) is 5.75 Å². The van der Waals surface area contributed by atoms with Crippen LogP contribution >= 0.6 is 15.9 Å². The molecule has 0 aliphatic heterocycles. The molecule has 2 rings (SSSR count). The molecule has 2 aromatic rings. The van der Waals surface area contributed by atoms with Crippen LogP contribution in [0.4, 0.5) is 0 Å². The van der Waals surface area contributed by atoms with Crippen LogP contribution in [0, 0.1) is 0 Å². The average Bonchev–Trinajstić information content (AvgIpc) is 2.61. The molecule has 0 amide bonds. The van der Waals surface area contributed by atoms with Crippen molar-refractivity contribution in [3.63, 3.8) is 0 Å². The molecule has 1 heterocycles. The lowest BCUT2D eigenvalue weighted by atomic mass is 10.2. The SMILES string of the molecule is Oc1ccc(Br)cc1-c1ncn[nH]1. The predicted molar refractivity (Wildman–Crippen MR) is 51.2 cm³/mol. The molecule has 0 saturated heterocycles. The van der Waals surface area contributed by atoms with Crippen molar-refractivity contribution >= 4 is 15.9 Å². The van der Waals surface area contributed by atoms with Crippen LogP contribution in [0.2, 0.25) is 0 Å². The number of hydrogen-bond acceptors (Lipinski definition) is 3. The summed E-state index contributed by atoms with van der Waals surface area (Å²) in [4.78, 5) is 3.94. The molecule has 1 aromatic carbocycles. The fraction of sp³-hybridized carbons (Fsp3) is 0. The lowest BCUT2D eigenvalue weighted by Crippen LogP contribution is -1.81. The van der Waals surface area contributed by atoms with Crippen LogP contribution in [-0.2, 0) is 0 Å². The Morgan fingerprint density at radius 2 is 2.23 bits per heavy atom. The first-order chi connectivity index (χ1) is 6.27. The van der Waals surface area contributed by atoms with Gasteiger partial charge in [-0.2, -0.15) is 5.10 Å². The van der Waals surface area contributed by atoms with Gasteiger partial charge in [-0.1, -0.05) is 15.9 Å². The Bertz CT molecular complexity index is 413. The number of aromatic nitrogens is 3. The van der Waals surface area contributed by atoms with Crippen LogP contribution in [0.25, 0.3) is 11.4 Å². The fourth-order valence-electron chi connectivity index (χ4n) is 1.03. The highest BCUT2D eigenvalue weighted by Crippen LogP contribution is 2.28. The van der Waals surface area contributed by atoms with E-state index >= 15 is 0 Å². The summed E-state index contributed by atoms with van der Waals surface area (Å²) in [7, 11) is 0. The topological polar surface area (TPSA) is 61.8 Å². The second kappa shape index (κ2) is 3.18. The van der Waals surface area contributed by atoms with Crippen molar-refractivity contribution in [1.82, 2.24) is 15.2 Å². The van der Waals surface area contributed by atoms with Crippen LogP contribution in [0.15, 0.2) is 29.0 Å². The summed E-state index contributed by atoms with van der Waals surface area (Å²) >= 11 is 3.31. The third kappa shape index (κ3) is 1.55. The van der Waals surface area contributed by atoms with E-state index in [0.29, 0.717) is 11.4 Å². The van der Waals surface area contributed by atoms with E-state index in [9.17, 15) is 5.11 Å². The molecular weight excluding hydrogens is 234 g/mol. The van der Waals surface area contributed by atoms with E-state index in [4.69, 9.17) is 0 Å². The van der Waals surface area contributed by atoms with Gasteiger partial charge in [-0.3, -0.25) is 5.10 Å². The van der Waals surface area contributed by atoms with Gasteiger partial charge in [-0.25, -0.2) is 4.98 Å². The molecule has 0 unspecified atom stereocenters. The number of nitrogens with zero attached hydrogens (tertiary/aromatic N) is 2. The molecule has 5 heteroatoms. The monoisotopic (exact) mass is 239 g/mol. The summed E-state index contributed by atoms with van der Waals surface area (Å²) in [5, 5.41) is 15.9. The van der Waals surface area contributed by atoms with Crippen LogP contribution in [0.5, 0.6) is 5.75 Å². The van der Waals surface area contributed by atoms with Crippen molar-refractivity contribution in [2.45, 2.75) is 0 Å². The first kappa shape index (κ1) is 8.25. The number of H-pyrrole nitrogens is 1. The Hall–Kier alpha value is -1.36. The smallest absolute Gasteiger partial charge is 0.159 e. The molecule has 0 radical (unpaired) electrons. The first-order valence-corrected chi connectivity index (χ1v) is 4.41. The minimum absolute atomic E-state index is 0.181. The summed E-state index contributed by atoms with van der Waals surface area (Å²) in [6.45, 7) is 0. The first-order valence-electron chi connectivity index (χ1n) is 3.61. The number of rotatable bonds is 1. The lowest BCUT2D eigenvalue weighted by Gasteiger charge is -2.00.